The van der Waals surface area contributed by atoms with Gasteiger partial charge in [-0.25, -0.2) is 13.4 Å². The van der Waals surface area contributed by atoms with E-state index in [0.717, 1.165) is 18.2 Å². The Morgan fingerprint density at radius 2 is 2.21 bits per heavy atom. The maximum absolute atomic E-state index is 11.6. The summed E-state index contributed by atoms with van der Waals surface area (Å²) >= 11 is 1.65. The summed E-state index contributed by atoms with van der Waals surface area (Å²) in [6.45, 7) is 6.39. The molecule has 1 aromatic heterocycles. The molecule has 2 heterocycles. The van der Waals surface area contributed by atoms with Gasteiger partial charge in [0.25, 0.3) is 0 Å². The first-order chi connectivity index (χ1) is 8.96. The van der Waals surface area contributed by atoms with Crippen LogP contribution < -0.4 is 10.2 Å². The molecule has 7 heteroatoms. The van der Waals surface area contributed by atoms with Crippen LogP contribution in [0.3, 0.4) is 0 Å². The molecular weight excluding hydrogens is 282 g/mol. The lowest BCUT2D eigenvalue weighted by molar-refractivity contribution is 0.593. The minimum absolute atomic E-state index is 0.242. The molecule has 2 rings (SSSR count). The lowest BCUT2D eigenvalue weighted by Gasteiger charge is -2.17. The van der Waals surface area contributed by atoms with Crippen molar-refractivity contribution in [2.24, 2.45) is 0 Å². The van der Waals surface area contributed by atoms with E-state index in [1.165, 1.54) is 4.88 Å². The fourth-order valence-electron chi connectivity index (χ4n) is 1.96. The van der Waals surface area contributed by atoms with Gasteiger partial charge in [-0.05, 0) is 6.42 Å². The minimum atomic E-state index is -2.85. The van der Waals surface area contributed by atoms with Gasteiger partial charge in [0.1, 0.15) is 0 Å². The van der Waals surface area contributed by atoms with Crippen molar-refractivity contribution < 1.29 is 8.42 Å². The maximum atomic E-state index is 11.6. The third-order valence-electron chi connectivity index (χ3n) is 3.05. The molecule has 1 aliphatic heterocycles. The van der Waals surface area contributed by atoms with Gasteiger partial charge in [-0.15, -0.1) is 11.3 Å². The number of hydrogen-bond acceptors (Lipinski definition) is 6. The van der Waals surface area contributed by atoms with Gasteiger partial charge in [-0.2, -0.15) is 0 Å². The predicted molar refractivity (Wildman–Crippen MR) is 79.6 cm³/mol. The van der Waals surface area contributed by atoms with Crippen molar-refractivity contribution in [2.75, 3.05) is 29.5 Å². The van der Waals surface area contributed by atoms with Gasteiger partial charge in [0.2, 0.25) is 0 Å². The second kappa shape index (κ2) is 6.19. The Balaban J connectivity index is 1.98. The highest BCUT2D eigenvalue weighted by Gasteiger charge is 2.20. The minimum Gasteiger partial charge on any atom is -0.347 e. The van der Waals surface area contributed by atoms with E-state index >= 15 is 0 Å². The van der Waals surface area contributed by atoms with E-state index in [0.29, 0.717) is 24.8 Å². The number of nitrogens with zero attached hydrogens (tertiary/aromatic N) is 2. The van der Waals surface area contributed by atoms with Crippen LogP contribution in [0.4, 0.5) is 5.13 Å². The lowest BCUT2D eigenvalue weighted by Crippen LogP contribution is -2.26. The molecule has 1 aromatic rings. The summed E-state index contributed by atoms with van der Waals surface area (Å²) in [5.74, 6) is 0.544. The van der Waals surface area contributed by atoms with Gasteiger partial charge < -0.3 is 10.2 Å². The molecule has 1 aliphatic rings. The quantitative estimate of drug-likeness (QED) is 0.907. The molecule has 0 unspecified atom stereocenters. The van der Waals surface area contributed by atoms with Gasteiger partial charge in [0.05, 0.1) is 11.5 Å². The molecule has 19 heavy (non-hydrogen) atoms. The van der Waals surface area contributed by atoms with Crippen LogP contribution in [-0.4, -0.2) is 44.0 Å². The van der Waals surface area contributed by atoms with E-state index in [2.05, 4.69) is 29.0 Å². The molecule has 0 amide bonds. The number of thiazole rings is 1. The van der Waals surface area contributed by atoms with Crippen LogP contribution in [0.15, 0.2) is 6.20 Å². The van der Waals surface area contributed by atoms with Crippen LogP contribution in [0.2, 0.25) is 0 Å². The molecule has 0 bridgehead atoms. The molecule has 1 N–H and O–H groups in total. The molecular formula is C12H21N3O2S2. The van der Waals surface area contributed by atoms with Crippen LogP contribution in [0.1, 0.15) is 25.1 Å². The van der Waals surface area contributed by atoms with Crippen LogP contribution in [0.5, 0.6) is 0 Å². The Bertz CT molecular complexity index is 511. The Morgan fingerprint density at radius 1 is 1.42 bits per heavy atom. The first kappa shape index (κ1) is 14.7. The molecule has 0 aliphatic carbocycles. The van der Waals surface area contributed by atoms with Crippen molar-refractivity contribution in [3.63, 3.8) is 0 Å². The molecule has 1 saturated heterocycles. The monoisotopic (exact) mass is 303 g/mol. The van der Waals surface area contributed by atoms with Crippen LogP contribution in [0, 0.1) is 0 Å². The molecule has 5 nitrogen and oxygen atoms in total. The van der Waals surface area contributed by atoms with Gasteiger partial charge in [0.15, 0.2) is 15.0 Å². The highest BCUT2D eigenvalue weighted by Crippen LogP contribution is 2.24. The van der Waals surface area contributed by atoms with Crippen molar-refractivity contribution in [3.8, 4) is 0 Å². The smallest absolute Gasteiger partial charge is 0.185 e. The summed E-state index contributed by atoms with van der Waals surface area (Å²) in [6.07, 6.45) is 2.58. The van der Waals surface area contributed by atoms with E-state index < -0.39 is 9.84 Å². The van der Waals surface area contributed by atoms with Gasteiger partial charge in [-0.3, -0.25) is 0 Å². The summed E-state index contributed by atoms with van der Waals surface area (Å²) < 4.78 is 23.2. The highest BCUT2D eigenvalue weighted by molar-refractivity contribution is 7.91. The SMILES string of the molecule is CC(C)NCc1cnc(N2CCCS(=O)(=O)CC2)s1. The number of anilines is 1. The van der Waals surface area contributed by atoms with Crippen molar-refractivity contribution in [1.29, 1.82) is 0 Å². The number of sulfone groups is 1. The number of aromatic nitrogens is 1. The largest absolute Gasteiger partial charge is 0.347 e. The number of rotatable bonds is 4. The molecule has 1 fully saturated rings. The summed E-state index contributed by atoms with van der Waals surface area (Å²) in [6, 6.07) is 0.453. The Kier molecular flexibility index (Phi) is 4.81. The summed E-state index contributed by atoms with van der Waals surface area (Å²) in [4.78, 5) is 7.70. The van der Waals surface area contributed by atoms with Crippen molar-refractivity contribution in [3.05, 3.63) is 11.1 Å². The average molecular weight is 303 g/mol. The zero-order valence-corrected chi connectivity index (χ0v) is 13.1. The average Bonchev–Trinajstić information content (AvgIpc) is 2.72. The molecule has 0 spiro atoms. The molecule has 0 radical (unpaired) electrons. The first-order valence-corrected chi connectivity index (χ1v) is 9.23. The fourth-order valence-corrected chi connectivity index (χ4v) is 4.14. The zero-order valence-electron chi connectivity index (χ0n) is 11.4. The standard InChI is InChI=1S/C12H21N3O2S2/c1-10(2)13-8-11-9-14-12(18-11)15-4-3-6-19(16,17)7-5-15/h9-10,13H,3-8H2,1-2H3. The summed E-state index contributed by atoms with van der Waals surface area (Å²) in [5, 5.41) is 4.30. The fraction of sp³-hybridized carbons (Fsp3) is 0.750. The van der Waals surface area contributed by atoms with Crippen molar-refractivity contribution in [2.45, 2.75) is 32.9 Å². The van der Waals surface area contributed by atoms with E-state index in [4.69, 9.17) is 0 Å². The summed E-state index contributed by atoms with van der Waals surface area (Å²) in [7, 11) is -2.85. The molecule has 0 aromatic carbocycles. The van der Waals surface area contributed by atoms with Crippen LogP contribution in [0.25, 0.3) is 0 Å². The Labute approximate surface area is 119 Å². The molecule has 0 atom stereocenters. The Morgan fingerprint density at radius 3 is 2.95 bits per heavy atom. The highest BCUT2D eigenvalue weighted by atomic mass is 32.2. The number of hydrogen-bond donors (Lipinski definition) is 1. The maximum Gasteiger partial charge on any atom is 0.185 e. The second-order valence-electron chi connectivity index (χ2n) is 5.14. The third-order valence-corrected chi connectivity index (χ3v) is 5.83. The molecule has 108 valence electrons. The lowest BCUT2D eigenvalue weighted by atomic mass is 10.4. The topological polar surface area (TPSA) is 62.3 Å². The van der Waals surface area contributed by atoms with Crippen molar-refractivity contribution >= 4 is 26.3 Å². The third kappa shape index (κ3) is 4.43. The van der Waals surface area contributed by atoms with E-state index in [-0.39, 0.29) is 5.75 Å². The van der Waals surface area contributed by atoms with Gasteiger partial charge in [0, 0.05) is 36.8 Å². The first-order valence-electron chi connectivity index (χ1n) is 6.60. The zero-order chi connectivity index (χ0) is 13.9. The van der Waals surface area contributed by atoms with E-state index in [1.54, 1.807) is 11.3 Å². The van der Waals surface area contributed by atoms with Gasteiger partial charge in [-0.1, -0.05) is 13.8 Å². The van der Waals surface area contributed by atoms with Crippen molar-refractivity contribution in [1.82, 2.24) is 10.3 Å². The number of nitrogens with one attached hydrogen (secondary N) is 1. The van der Waals surface area contributed by atoms with Crippen LogP contribution >= 0.6 is 11.3 Å². The van der Waals surface area contributed by atoms with Crippen LogP contribution in [-0.2, 0) is 16.4 Å². The molecule has 0 saturated carbocycles. The predicted octanol–water partition coefficient (Wildman–Crippen LogP) is 1.27. The Hall–Kier alpha value is -0.660. The second-order valence-corrected chi connectivity index (χ2v) is 8.53. The van der Waals surface area contributed by atoms with Gasteiger partial charge >= 0.3 is 0 Å². The van der Waals surface area contributed by atoms with E-state index in [1.807, 2.05) is 6.20 Å². The van der Waals surface area contributed by atoms with E-state index in [9.17, 15) is 8.42 Å². The summed E-state index contributed by atoms with van der Waals surface area (Å²) in [5.41, 5.74) is 0. The normalized spacial score (nSPS) is 19.6.